The van der Waals surface area contributed by atoms with Crippen LogP contribution in [0.3, 0.4) is 0 Å². The standard InChI is InChI=1S/C16H10ClN3O/c17-12-5-3-11(4-6-12)13-10-19-20-14(7-8-18-16(13)20)15-2-1-9-21-15/h1-10H. The third kappa shape index (κ3) is 2.00. The lowest BCUT2D eigenvalue weighted by Gasteiger charge is -2.02. The molecule has 0 radical (unpaired) electrons. The second kappa shape index (κ2) is 4.75. The van der Waals surface area contributed by atoms with Crippen LogP contribution in [0.2, 0.25) is 5.02 Å². The molecule has 1 aromatic carbocycles. The van der Waals surface area contributed by atoms with Crippen LogP contribution in [-0.4, -0.2) is 14.6 Å². The molecule has 102 valence electrons. The monoisotopic (exact) mass is 295 g/mol. The summed E-state index contributed by atoms with van der Waals surface area (Å²) in [6.07, 6.45) is 5.21. The second-order valence-corrected chi connectivity index (χ2v) is 5.04. The molecule has 0 spiro atoms. The number of halogens is 1. The molecule has 4 rings (SSSR count). The molecule has 0 aliphatic heterocycles. The molecule has 3 aromatic heterocycles. The van der Waals surface area contributed by atoms with Gasteiger partial charge in [-0.1, -0.05) is 23.7 Å². The number of hydrogen-bond donors (Lipinski definition) is 0. The minimum absolute atomic E-state index is 0.708. The Morgan fingerprint density at radius 2 is 1.90 bits per heavy atom. The molecule has 0 aliphatic carbocycles. The van der Waals surface area contributed by atoms with Crippen molar-refractivity contribution in [3.8, 4) is 22.6 Å². The molecule has 4 aromatic rings. The van der Waals surface area contributed by atoms with E-state index in [1.54, 1.807) is 23.2 Å². The fraction of sp³-hybridized carbons (Fsp3) is 0. The van der Waals surface area contributed by atoms with Crippen molar-refractivity contribution in [1.29, 1.82) is 0 Å². The van der Waals surface area contributed by atoms with Crippen molar-refractivity contribution in [3.63, 3.8) is 0 Å². The highest BCUT2D eigenvalue weighted by atomic mass is 35.5. The molecule has 0 unspecified atom stereocenters. The molecular formula is C16H10ClN3O. The normalized spacial score (nSPS) is 11.1. The van der Waals surface area contributed by atoms with Crippen LogP contribution < -0.4 is 0 Å². The summed E-state index contributed by atoms with van der Waals surface area (Å²) in [5.41, 5.74) is 3.63. The summed E-state index contributed by atoms with van der Waals surface area (Å²) in [6, 6.07) is 13.3. The van der Waals surface area contributed by atoms with Gasteiger partial charge in [-0.2, -0.15) is 5.10 Å². The molecule has 0 atom stereocenters. The SMILES string of the molecule is Clc1ccc(-c2cnn3c(-c4ccco4)ccnc23)cc1. The quantitative estimate of drug-likeness (QED) is 0.553. The average Bonchev–Trinajstić information content (AvgIpc) is 3.17. The summed E-state index contributed by atoms with van der Waals surface area (Å²) in [5, 5.41) is 5.14. The van der Waals surface area contributed by atoms with Gasteiger partial charge in [0.1, 0.15) is 5.69 Å². The van der Waals surface area contributed by atoms with E-state index in [2.05, 4.69) is 10.1 Å². The maximum Gasteiger partial charge on any atom is 0.163 e. The molecule has 0 aliphatic rings. The van der Waals surface area contributed by atoms with Gasteiger partial charge < -0.3 is 4.42 Å². The Bertz CT molecular complexity index is 895. The molecule has 3 heterocycles. The lowest BCUT2D eigenvalue weighted by molar-refractivity contribution is 0.577. The molecule has 5 heteroatoms. The van der Waals surface area contributed by atoms with Crippen molar-refractivity contribution in [1.82, 2.24) is 14.6 Å². The maximum absolute atomic E-state index is 5.94. The largest absolute Gasteiger partial charge is 0.463 e. The van der Waals surface area contributed by atoms with Crippen LogP contribution >= 0.6 is 11.6 Å². The van der Waals surface area contributed by atoms with Crippen molar-refractivity contribution >= 4 is 17.2 Å². The minimum atomic E-state index is 0.708. The Kier molecular flexibility index (Phi) is 2.75. The Labute approximate surface area is 125 Å². The van der Waals surface area contributed by atoms with Gasteiger partial charge in [0.25, 0.3) is 0 Å². The third-order valence-electron chi connectivity index (χ3n) is 3.33. The first-order valence-electron chi connectivity index (χ1n) is 6.45. The number of hydrogen-bond acceptors (Lipinski definition) is 3. The summed E-state index contributed by atoms with van der Waals surface area (Å²) < 4.78 is 7.23. The molecule has 0 saturated carbocycles. The van der Waals surface area contributed by atoms with Gasteiger partial charge in [-0.05, 0) is 35.9 Å². The van der Waals surface area contributed by atoms with E-state index < -0.39 is 0 Å². The van der Waals surface area contributed by atoms with E-state index in [9.17, 15) is 0 Å². The highest BCUT2D eigenvalue weighted by molar-refractivity contribution is 6.30. The van der Waals surface area contributed by atoms with Crippen LogP contribution in [0.4, 0.5) is 0 Å². The Hall–Kier alpha value is -2.59. The van der Waals surface area contributed by atoms with E-state index in [4.69, 9.17) is 16.0 Å². The van der Waals surface area contributed by atoms with Gasteiger partial charge in [-0.15, -0.1) is 0 Å². The van der Waals surface area contributed by atoms with Crippen LogP contribution in [0, 0.1) is 0 Å². The van der Waals surface area contributed by atoms with Crippen LogP contribution in [0.15, 0.2) is 65.5 Å². The number of benzene rings is 1. The fourth-order valence-electron chi connectivity index (χ4n) is 2.34. The van der Waals surface area contributed by atoms with E-state index in [0.29, 0.717) is 5.02 Å². The van der Waals surface area contributed by atoms with Crippen LogP contribution in [0.25, 0.3) is 28.2 Å². The van der Waals surface area contributed by atoms with Gasteiger partial charge in [-0.3, -0.25) is 0 Å². The van der Waals surface area contributed by atoms with Crippen molar-refractivity contribution in [3.05, 3.63) is 66.1 Å². The van der Waals surface area contributed by atoms with E-state index in [0.717, 1.165) is 28.2 Å². The average molecular weight is 296 g/mol. The molecule has 21 heavy (non-hydrogen) atoms. The maximum atomic E-state index is 5.94. The van der Waals surface area contributed by atoms with Gasteiger partial charge in [-0.25, -0.2) is 9.50 Å². The van der Waals surface area contributed by atoms with Crippen LogP contribution in [0.1, 0.15) is 0 Å². The van der Waals surface area contributed by atoms with Crippen molar-refractivity contribution < 1.29 is 4.42 Å². The summed E-state index contributed by atoms with van der Waals surface area (Å²) in [5.74, 6) is 0.758. The van der Waals surface area contributed by atoms with Gasteiger partial charge >= 0.3 is 0 Å². The zero-order valence-electron chi connectivity index (χ0n) is 10.9. The number of rotatable bonds is 2. The number of furan rings is 1. The third-order valence-corrected chi connectivity index (χ3v) is 3.58. The Morgan fingerprint density at radius 1 is 1.05 bits per heavy atom. The van der Waals surface area contributed by atoms with Gasteiger partial charge in [0.15, 0.2) is 11.4 Å². The predicted molar refractivity (Wildman–Crippen MR) is 81.1 cm³/mol. The van der Waals surface area contributed by atoms with Gasteiger partial charge in [0.2, 0.25) is 0 Å². The van der Waals surface area contributed by atoms with E-state index in [1.807, 2.05) is 42.5 Å². The second-order valence-electron chi connectivity index (χ2n) is 4.61. The van der Waals surface area contributed by atoms with Crippen LogP contribution in [0.5, 0.6) is 0 Å². The zero-order valence-corrected chi connectivity index (χ0v) is 11.7. The summed E-state index contributed by atoms with van der Waals surface area (Å²) in [4.78, 5) is 4.44. The highest BCUT2D eigenvalue weighted by Crippen LogP contribution is 2.27. The van der Waals surface area contributed by atoms with Gasteiger partial charge in [0.05, 0.1) is 12.5 Å². The molecule has 0 fully saturated rings. The fourth-order valence-corrected chi connectivity index (χ4v) is 2.46. The van der Waals surface area contributed by atoms with Gasteiger partial charge in [0, 0.05) is 16.8 Å². The molecule has 0 N–H and O–H groups in total. The molecule has 0 amide bonds. The molecular weight excluding hydrogens is 286 g/mol. The summed E-state index contributed by atoms with van der Waals surface area (Å²) in [6.45, 7) is 0. The molecule has 0 bridgehead atoms. The lowest BCUT2D eigenvalue weighted by atomic mass is 10.1. The predicted octanol–water partition coefficient (Wildman–Crippen LogP) is 4.31. The van der Waals surface area contributed by atoms with Crippen molar-refractivity contribution in [2.45, 2.75) is 0 Å². The number of nitrogens with zero attached hydrogens (tertiary/aromatic N) is 3. The van der Waals surface area contributed by atoms with Crippen molar-refractivity contribution in [2.75, 3.05) is 0 Å². The smallest absolute Gasteiger partial charge is 0.163 e. The minimum Gasteiger partial charge on any atom is -0.463 e. The first-order chi connectivity index (χ1) is 10.3. The van der Waals surface area contributed by atoms with E-state index in [-0.39, 0.29) is 0 Å². The van der Waals surface area contributed by atoms with Crippen LogP contribution in [-0.2, 0) is 0 Å². The molecule has 4 nitrogen and oxygen atoms in total. The summed E-state index contributed by atoms with van der Waals surface area (Å²) >= 11 is 5.94. The number of fused-ring (bicyclic) bond motifs is 1. The highest BCUT2D eigenvalue weighted by Gasteiger charge is 2.12. The molecule has 0 saturated heterocycles. The first kappa shape index (κ1) is 12.2. The number of aromatic nitrogens is 3. The van der Waals surface area contributed by atoms with E-state index >= 15 is 0 Å². The zero-order chi connectivity index (χ0) is 14.2. The topological polar surface area (TPSA) is 43.3 Å². The Balaban J connectivity index is 1.93. The van der Waals surface area contributed by atoms with Crippen molar-refractivity contribution in [2.24, 2.45) is 0 Å². The lowest BCUT2D eigenvalue weighted by Crippen LogP contribution is -1.94. The van der Waals surface area contributed by atoms with E-state index in [1.165, 1.54) is 0 Å². The summed E-state index contributed by atoms with van der Waals surface area (Å²) in [7, 11) is 0. The Morgan fingerprint density at radius 3 is 2.67 bits per heavy atom. The first-order valence-corrected chi connectivity index (χ1v) is 6.83.